The summed E-state index contributed by atoms with van der Waals surface area (Å²) in [5.74, 6) is 0. The third-order valence-corrected chi connectivity index (χ3v) is 3.08. The molecule has 2 heteroatoms. The molecule has 1 fully saturated rings. The molecule has 15 heavy (non-hydrogen) atoms. The predicted molar refractivity (Wildman–Crippen MR) is 61.9 cm³/mol. The van der Waals surface area contributed by atoms with Gasteiger partial charge in [0.1, 0.15) is 0 Å². The van der Waals surface area contributed by atoms with Crippen LogP contribution in [0.4, 0.5) is 0 Å². The van der Waals surface area contributed by atoms with Gasteiger partial charge in [-0.2, -0.15) is 0 Å². The largest absolute Gasteiger partial charge is 0.372 e. The minimum atomic E-state index is 0.312. The monoisotopic (exact) mass is 205 g/mol. The van der Waals surface area contributed by atoms with Crippen molar-refractivity contribution in [2.45, 2.75) is 38.5 Å². The van der Waals surface area contributed by atoms with Gasteiger partial charge in [0.2, 0.25) is 0 Å². The molecule has 0 saturated carbocycles. The molecule has 1 N–H and O–H groups in total. The van der Waals surface area contributed by atoms with Crippen LogP contribution in [0.2, 0.25) is 0 Å². The highest BCUT2D eigenvalue weighted by Gasteiger charge is 2.24. The zero-order chi connectivity index (χ0) is 10.7. The van der Waals surface area contributed by atoms with Crippen molar-refractivity contribution in [1.29, 1.82) is 0 Å². The highest BCUT2D eigenvalue weighted by atomic mass is 16.5. The molecule has 2 nitrogen and oxygen atoms in total. The molecule has 1 aromatic carbocycles. The summed E-state index contributed by atoms with van der Waals surface area (Å²) in [4.78, 5) is 0. The molecule has 1 aliphatic rings. The van der Waals surface area contributed by atoms with Crippen molar-refractivity contribution in [3.05, 3.63) is 35.9 Å². The second-order valence-corrected chi connectivity index (χ2v) is 4.35. The molecular weight excluding hydrogens is 186 g/mol. The second-order valence-electron chi connectivity index (χ2n) is 4.35. The standard InChI is InChI=1S/C13H19NO/c1-10-11(2)15-13(9-14-10)8-12-6-4-3-5-7-12/h3-7,10-11,13-14H,8-9H2,1-2H3. The maximum absolute atomic E-state index is 5.94. The molecular formula is C13H19NO. The summed E-state index contributed by atoms with van der Waals surface area (Å²) in [5.41, 5.74) is 1.35. The summed E-state index contributed by atoms with van der Waals surface area (Å²) >= 11 is 0. The number of morpholine rings is 1. The van der Waals surface area contributed by atoms with E-state index < -0.39 is 0 Å². The maximum Gasteiger partial charge on any atom is 0.0744 e. The summed E-state index contributed by atoms with van der Waals surface area (Å²) in [7, 11) is 0. The average Bonchev–Trinajstić information content (AvgIpc) is 2.25. The Bertz CT molecular complexity index is 299. The lowest BCUT2D eigenvalue weighted by atomic mass is 10.0. The SMILES string of the molecule is CC1NCC(Cc2ccccc2)OC1C. The number of ether oxygens (including phenoxy) is 1. The summed E-state index contributed by atoms with van der Waals surface area (Å²) in [5, 5.41) is 3.48. The quantitative estimate of drug-likeness (QED) is 0.797. The van der Waals surface area contributed by atoms with Crippen molar-refractivity contribution < 1.29 is 4.74 Å². The van der Waals surface area contributed by atoms with Crippen LogP contribution in [0.1, 0.15) is 19.4 Å². The fourth-order valence-electron chi connectivity index (χ4n) is 1.95. The van der Waals surface area contributed by atoms with E-state index in [4.69, 9.17) is 4.74 Å². The number of benzene rings is 1. The molecule has 1 saturated heterocycles. The molecule has 0 bridgehead atoms. The van der Waals surface area contributed by atoms with Crippen LogP contribution in [0.25, 0.3) is 0 Å². The zero-order valence-electron chi connectivity index (χ0n) is 9.44. The highest BCUT2D eigenvalue weighted by molar-refractivity contribution is 5.15. The molecule has 3 atom stereocenters. The van der Waals surface area contributed by atoms with Gasteiger partial charge in [0, 0.05) is 12.6 Å². The fourth-order valence-corrected chi connectivity index (χ4v) is 1.95. The van der Waals surface area contributed by atoms with Crippen molar-refractivity contribution in [2.24, 2.45) is 0 Å². The van der Waals surface area contributed by atoms with Gasteiger partial charge in [-0.1, -0.05) is 30.3 Å². The second kappa shape index (κ2) is 4.77. The first kappa shape index (κ1) is 10.7. The van der Waals surface area contributed by atoms with Crippen molar-refractivity contribution in [2.75, 3.05) is 6.54 Å². The molecule has 0 aliphatic carbocycles. The molecule has 0 aromatic heterocycles. The Morgan fingerprint density at radius 3 is 2.67 bits per heavy atom. The smallest absolute Gasteiger partial charge is 0.0744 e. The van der Waals surface area contributed by atoms with E-state index in [9.17, 15) is 0 Å². The Morgan fingerprint density at radius 1 is 1.27 bits per heavy atom. The van der Waals surface area contributed by atoms with Crippen LogP contribution in [0.15, 0.2) is 30.3 Å². The zero-order valence-corrected chi connectivity index (χ0v) is 9.44. The number of hydrogen-bond acceptors (Lipinski definition) is 2. The van der Waals surface area contributed by atoms with Crippen LogP contribution in [-0.4, -0.2) is 24.8 Å². The van der Waals surface area contributed by atoms with E-state index in [1.165, 1.54) is 5.56 Å². The van der Waals surface area contributed by atoms with Gasteiger partial charge in [-0.05, 0) is 25.8 Å². The topological polar surface area (TPSA) is 21.3 Å². The van der Waals surface area contributed by atoms with Gasteiger partial charge < -0.3 is 10.1 Å². The fraction of sp³-hybridized carbons (Fsp3) is 0.538. The van der Waals surface area contributed by atoms with E-state index in [1.807, 2.05) is 6.07 Å². The van der Waals surface area contributed by atoms with E-state index in [0.717, 1.165) is 13.0 Å². The van der Waals surface area contributed by atoms with Gasteiger partial charge in [0.15, 0.2) is 0 Å². The van der Waals surface area contributed by atoms with Crippen LogP contribution < -0.4 is 5.32 Å². The molecule has 1 aliphatic heterocycles. The first-order valence-corrected chi connectivity index (χ1v) is 5.68. The average molecular weight is 205 g/mol. The van der Waals surface area contributed by atoms with E-state index in [0.29, 0.717) is 18.2 Å². The number of rotatable bonds is 2. The third-order valence-electron chi connectivity index (χ3n) is 3.08. The van der Waals surface area contributed by atoms with Gasteiger partial charge in [-0.3, -0.25) is 0 Å². The lowest BCUT2D eigenvalue weighted by Crippen LogP contribution is -2.50. The molecule has 1 aromatic rings. The molecule has 0 spiro atoms. The Balaban J connectivity index is 1.91. The maximum atomic E-state index is 5.94. The van der Waals surface area contributed by atoms with Crippen LogP contribution >= 0.6 is 0 Å². The lowest BCUT2D eigenvalue weighted by Gasteiger charge is -2.34. The van der Waals surface area contributed by atoms with Gasteiger partial charge in [-0.25, -0.2) is 0 Å². The number of hydrogen-bond donors (Lipinski definition) is 1. The predicted octanol–water partition coefficient (Wildman–Crippen LogP) is 1.99. The van der Waals surface area contributed by atoms with Crippen molar-refractivity contribution in [1.82, 2.24) is 5.32 Å². The van der Waals surface area contributed by atoms with Gasteiger partial charge in [-0.15, -0.1) is 0 Å². The summed E-state index contributed by atoms with van der Waals surface area (Å²) in [6.45, 7) is 5.26. The first-order chi connectivity index (χ1) is 7.25. The summed E-state index contributed by atoms with van der Waals surface area (Å²) in [6.07, 6.45) is 1.64. The van der Waals surface area contributed by atoms with E-state index in [2.05, 4.69) is 43.4 Å². The first-order valence-electron chi connectivity index (χ1n) is 5.68. The van der Waals surface area contributed by atoms with E-state index >= 15 is 0 Å². The minimum Gasteiger partial charge on any atom is -0.372 e. The van der Waals surface area contributed by atoms with Gasteiger partial charge >= 0.3 is 0 Å². The summed E-state index contributed by atoms with van der Waals surface area (Å²) < 4.78 is 5.94. The van der Waals surface area contributed by atoms with Crippen LogP contribution in [0.3, 0.4) is 0 Å². The molecule has 3 unspecified atom stereocenters. The van der Waals surface area contributed by atoms with E-state index in [-0.39, 0.29) is 0 Å². The minimum absolute atomic E-state index is 0.312. The normalized spacial score (nSPS) is 31.5. The van der Waals surface area contributed by atoms with Crippen molar-refractivity contribution in [3.63, 3.8) is 0 Å². The molecule has 0 radical (unpaired) electrons. The Kier molecular flexibility index (Phi) is 3.39. The van der Waals surface area contributed by atoms with Crippen molar-refractivity contribution >= 4 is 0 Å². The molecule has 1 heterocycles. The van der Waals surface area contributed by atoms with Crippen LogP contribution in [0.5, 0.6) is 0 Å². The molecule has 82 valence electrons. The Labute approximate surface area is 91.6 Å². The highest BCUT2D eigenvalue weighted by Crippen LogP contribution is 2.13. The van der Waals surface area contributed by atoms with Crippen LogP contribution in [0, 0.1) is 0 Å². The van der Waals surface area contributed by atoms with Crippen LogP contribution in [-0.2, 0) is 11.2 Å². The molecule has 0 amide bonds. The van der Waals surface area contributed by atoms with Gasteiger partial charge in [0.05, 0.1) is 12.2 Å². The Morgan fingerprint density at radius 2 is 2.00 bits per heavy atom. The third kappa shape index (κ3) is 2.80. The lowest BCUT2D eigenvalue weighted by molar-refractivity contribution is -0.0482. The van der Waals surface area contributed by atoms with Crippen molar-refractivity contribution in [3.8, 4) is 0 Å². The summed E-state index contributed by atoms with van der Waals surface area (Å²) in [6, 6.07) is 11.0. The number of nitrogens with one attached hydrogen (secondary N) is 1. The van der Waals surface area contributed by atoms with Gasteiger partial charge in [0.25, 0.3) is 0 Å². The molecule has 2 rings (SSSR count). The van der Waals surface area contributed by atoms with E-state index in [1.54, 1.807) is 0 Å². The Hall–Kier alpha value is -0.860.